The highest BCUT2D eigenvalue weighted by Crippen LogP contribution is 2.38. The first-order chi connectivity index (χ1) is 15.0. The van der Waals surface area contributed by atoms with E-state index in [1.165, 1.54) is 0 Å². The second-order valence-corrected chi connectivity index (χ2v) is 8.80. The number of hydrogen-bond donors (Lipinski definition) is 1. The molecule has 2 aliphatic rings. The fraction of sp³-hybridized carbons (Fsp3) is 0.522. The van der Waals surface area contributed by atoms with E-state index in [2.05, 4.69) is 32.1 Å². The molecule has 4 heterocycles. The van der Waals surface area contributed by atoms with Gasteiger partial charge < -0.3 is 15.1 Å². The van der Waals surface area contributed by atoms with E-state index < -0.39 is 10.8 Å². The molecule has 2 fully saturated rings. The van der Waals surface area contributed by atoms with Gasteiger partial charge in [-0.3, -0.25) is 14.6 Å². The van der Waals surface area contributed by atoms with Gasteiger partial charge in [0.1, 0.15) is 5.41 Å². The smallest absolute Gasteiger partial charge is 0.233 e. The Morgan fingerprint density at radius 3 is 2.32 bits per heavy atom. The fourth-order valence-corrected chi connectivity index (χ4v) is 4.88. The number of pyridine rings is 1. The van der Waals surface area contributed by atoms with Crippen molar-refractivity contribution in [2.45, 2.75) is 38.0 Å². The Hall–Kier alpha value is -3.03. The van der Waals surface area contributed by atoms with Gasteiger partial charge in [0, 0.05) is 57.2 Å². The van der Waals surface area contributed by atoms with Crippen molar-refractivity contribution >= 4 is 17.8 Å². The van der Waals surface area contributed by atoms with Crippen molar-refractivity contribution in [1.82, 2.24) is 25.2 Å². The first-order valence-electron chi connectivity index (χ1n) is 10.9. The van der Waals surface area contributed by atoms with Crippen LogP contribution in [0.15, 0.2) is 42.9 Å². The predicted molar refractivity (Wildman–Crippen MR) is 117 cm³/mol. The van der Waals surface area contributed by atoms with Crippen LogP contribution >= 0.6 is 0 Å². The van der Waals surface area contributed by atoms with Crippen LogP contribution in [0.3, 0.4) is 0 Å². The van der Waals surface area contributed by atoms with Crippen LogP contribution in [0, 0.1) is 5.41 Å². The Kier molecular flexibility index (Phi) is 5.89. The van der Waals surface area contributed by atoms with Gasteiger partial charge >= 0.3 is 0 Å². The summed E-state index contributed by atoms with van der Waals surface area (Å²) in [7, 11) is 1.65. The van der Waals surface area contributed by atoms with Gasteiger partial charge in [-0.15, -0.1) is 0 Å². The number of piperidine rings is 2. The number of likely N-dealkylation sites (tertiary alicyclic amines) is 1. The molecule has 2 amide bonds. The summed E-state index contributed by atoms with van der Waals surface area (Å²) in [4.78, 5) is 43.9. The van der Waals surface area contributed by atoms with Crippen LogP contribution in [0.25, 0.3) is 0 Å². The Labute approximate surface area is 183 Å². The number of carbonyl (C=O) groups excluding carboxylic acids is 2. The number of anilines is 1. The highest BCUT2D eigenvalue weighted by Gasteiger charge is 2.48. The Morgan fingerprint density at radius 1 is 0.968 bits per heavy atom. The second-order valence-electron chi connectivity index (χ2n) is 8.80. The van der Waals surface area contributed by atoms with Crippen LogP contribution in [-0.2, 0) is 15.0 Å². The molecule has 164 valence electrons. The van der Waals surface area contributed by atoms with E-state index >= 15 is 0 Å². The number of hydrogen-bond acceptors (Lipinski definition) is 6. The monoisotopic (exact) mass is 422 g/mol. The summed E-state index contributed by atoms with van der Waals surface area (Å²) in [6, 6.07) is 7.44. The normalized spacial score (nSPS) is 23.3. The van der Waals surface area contributed by atoms with Gasteiger partial charge in [-0.2, -0.15) is 0 Å². The lowest BCUT2D eigenvalue weighted by Crippen LogP contribution is -2.59. The standard InChI is InChI=1S/C23H30N6O2/c1-22(9-15-28(16-10-22)21-26-12-6-13-27-21)20(31)29-14-5-8-23(17-29,19(30)24-2)18-7-3-4-11-25-18/h3-4,6-7,11-13H,5,8-10,14-17H2,1-2H3,(H,24,30)/t23-/m0/s1. The molecule has 0 bridgehead atoms. The number of rotatable bonds is 4. The number of aromatic nitrogens is 3. The molecule has 0 saturated carbocycles. The van der Waals surface area contributed by atoms with E-state index in [1.54, 1.807) is 31.7 Å². The average Bonchev–Trinajstić information content (AvgIpc) is 2.84. The van der Waals surface area contributed by atoms with Crippen molar-refractivity contribution in [3.05, 3.63) is 48.5 Å². The number of nitrogens with zero attached hydrogens (tertiary/aromatic N) is 5. The summed E-state index contributed by atoms with van der Waals surface area (Å²) in [5.74, 6) is 0.763. The molecule has 0 spiro atoms. The van der Waals surface area contributed by atoms with E-state index in [-0.39, 0.29) is 11.8 Å². The van der Waals surface area contributed by atoms with E-state index in [0.717, 1.165) is 38.0 Å². The summed E-state index contributed by atoms with van der Waals surface area (Å²) < 4.78 is 0. The maximum absolute atomic E-state index is 13.7. The third-order valence-electron chi connectivity index (χ3n) is 6.81. The van der Waals surface area contributed by atoms with Gasteiger partial charge in [-0.25, -0.2) is 9.97 Å². The lowest BCUT2D eigenvalue weighted by Gasteiger charge is -2.46. The molecule has 1 atom stereocenters. The van der Waals surface area contributed by atoms with Gasteiger partial charge in [0.2, 0.25) is 17.8 Å². The summed E-state index contributed by atoms with van der Waals surface area (Å²) in [6.07, 6.45) is 8.12. The first kappa shape index (κ1) is 21.2. The molecule has 8 heteroatoms. The van der Waals surface area contributed by atoms with Crippen molar-refractivity contribution in [2.24, 2.45) is 5.41 Å². The van der Waals surface area contributed by atoms with Crippen LogP contribution in [0.4, 0.5) is 5.95 Å². The molecule has 31 heavy (non-hydrogen) atoms. The average molecular weight is 423 g/mol. The Bertz CT molecular complexity index is 914. The number of carbonyl (C=O) groups is 2. The van der Waals surface area contributed by atoms with E-state index in [1.807, 2.05) is 23.1 Å². The highest BCUT2D eigenvalue weighted by atomic mass is 16.2. The van der Waals surface area contributed by atoms with Gasteiger partial charge in [-0.1, -0.05) is 13.0 Å². The van der Waals surface area contributed by atoms with Crippen molar-refractivity contribution in [1.29, 1.82) is 0 Å². The molecule has 0 aromatic carbocycles. The molecule has 0 aliphatic carbocycles. The summed E-state index contributed by atoms with van der Waals surface area (Å²) >= 11 is 0. The minimum absolute atomic E-state index is 0.0788. The molecule has 2 aromatic heterocycles. The summed E-state index contributed by atoms with van der Waals surface area (Å²) in [5, 5.41) is 2.81. The van der Waals surface area contributed by atoms with E-state index in [9.17, 15) is 9.59 Å². The molecule has 2 aliphatic heterocycles. The van der Waals surface area contributed by atoms with Crippen molar-refractivity contribution in [3.8, 4) is 0 Å². The SMILES string of the molecule is CNC(=O)[C@@]1(c2ccccn2)CCCN(C(=O)C2(C)CCN(c3ncccn3)CC2)C1. The van der Waals surface area contributed by atoms with Gasteiger partial charge in [-0.05, 0) is 43.9 Å². The first-order valence-corrected chi connectivity index (χ1v) is 10.9. The van der Waals surface area contributed by atoms with Crippen LogP contribution in [-0.4, -0.2) is 64.9 Å². The largest absolute Gasteiger partial charge is 0.358 e. The maximum Gasteiger partial charge on any atom is 0.233 e. The van der Waals surface area contributed by atoms with Crippen molar-refractivity contribution < 1.29 is 9.59 Å². The van der Waals surface area contributed by atoms with Crippen LogP contribution in [0.1, 0.15) is 38.3 Å². The van der Waals surface area contributed by atoms with Crippen LogP contribution in [0.5, 0.6) is 0 Å². The zero-order valence-electron chi connectivity index (χ0n) is 18.3. The quantitative estimate of drug-likeness (QED) is 0.808. The molecule has 1 N–H and O–H groups in total. The number of amides is 2. The van der Waals surface area contributed by atoms with Crippen LogP contribution in [0.2, 0.25) is 0 Å². The highest BCUT2D eigenvalue weighted by molar-refractivity contribution is 5.90. The Morgan fingerprint density at radius 2 is 1.68 bits per heavy atom. The minimum atomic E-state index is -0.807. The van der Waals surface area contributed by atoms with Crippen molar-refractivity contribution in [3.63, 3.8) is 0 Å². The molecule has 0 radical (unpaired) electrons. The molecule has 8 nitrogen and oxygen atoms in total. The van der Waals surface area contributed by atoms with Gasteiger partial charge in [0.25, 0.3) is 0 Å². The third-order valence-corrected chi connectivity index (χ3v) is 6.81. The fourth-order valence-electron chi connectivity index (χ4n) is 4.88. The molecular formula is C23H30N6O2. The molecule has 0 unspecified atom stereocenters. The Balaban J connectivity index is 1.51. The molecule has 2 aromatic rings. The molecule has 2 saturated heterocycles. The van der Waals surface area contributed by atoms with E-state index in [0.29, 0.717) is 25.5 Å². The number of nitrogens with one attached hydrogen (secondary N) is 1. The lowest BCUT2D eigenvalue weighted by molar-refractivity contribution is -0.146. The van der Waals surface area contributed by atoms with Gasteiger partial charge in [0.15, 0.2) is 0 Å². The third kappa shape index (κ3) is 3.98. The topological polar surface area (TPSA) is 91.3 Å². The lowest BCUT2D eigenvalue weighted by atomic mass is 9.73. The van der Waals surface area contributed by atoms with Gasteiger partial charge in [0.05, 0.1) is 5.69 Å². The zero-order chi connectivity index (χ0) is 21.9. The number of likely N-dealkylation sites (N-methyl/N-ethyl adjacent to an activating group) is 1. The zero-order valence-corrected chi connectivity index (χ0v) is 18.3. The minimum Gasteiger partial charge on any atom is -0.358 e. The molecule has 4 rings (SSSR count). The summed E-state index contributed by atoms with van der Waals surface area (Å²) in [6.45, 7) is 4.56. The second kappa shape index (κ2) is 8.61. The van der Waals surface area contributed by atoms with Crippen molar-refractivity contribution in [2.75, 3.05) is 38.1 Å². The maximum atomic E-state index is 13.7. The molecular weight excluding hydrogens is 392 g/mol. The summed E-state index contributed by atoms with van der Waals surface area (Å²) in [5.41, 5.74) is -0.534. The van der Waals surface area contributed by atoms with Crippen LogP contribution < -0.4 is 10.2 Å². The predicted octanol–water partition coefficient (Wildman–Crippen LogP) is 1.78. The van der Waals surface area contributed by atoms with E-state index in [4.69, 9.17) is 0 Å².